The predicted octanol–water partition coefficient (Wildman–Crippen LogP) is 4.90. The van der Waals surface area contributed by atoms with Crippen LogP contribution in [0.3, 0.4) is 0 Å². The topological polar surface area (TPSA) is 46.0 Å². The summed E-state index contributed by atoms with van der Waals surface area (Å²) in [4.78, 5) is 12.7. The van der Waals surface area contributed by atoms with E-state index in [0.717, 1.165) is 40.1 Å². The number of aromatic nitrogens is 4. The number of fused-ring (bicyclic) bond motifs is 1. The lowest BCUT2D eigenvalue weighted by atomic mass is 10.1. The highest BCUT2D eigenvalue weighted by atomic mass is 35.5. The van der Waals surface area contributed by atoms with Crippen molar-refractivity contribution in [2.45, 2.75) is 24.3 Å². The van der Waals surface area contributed by atoms with Gasteiger partial charge in [0.25, 0.3) is 0 Å². The zero-order valence-electron chi connectivity index (χ0n) is 13.7. The Balaban J connectivity index is 1.46. The number of hydrogen-bond acceptors (Lipinski definition) is 3. The van der Waals surface area contributed by atoms with Crippen LogP contribution < -0.4 is 0 Å². The highest BCUT2D eigenvalue weighted by molar-refractivity contribution is 7.98. The smallest absolute Gasteiger partial charge is 0.166 e. The number of aromatic amines is 1. The number of hydrogen-bond donors (Lipinski definition) is 1. The molecule has 4 aromatic rings. The molecule has 0 saturated carbocycles. The minimum Gasteiger partial charge on any atom is -0.337 e. The molecule has 0 spiro atoms. The van der Waals surface area contributed by atoms with Crippen LogP contribution in [0.1, 0.15) is 22.6 Å². The molecule has 0 aliphatic rings. The number of thioether (sulfide) groups is 1. The molecule has 3 heterocycles. The number of nitrogens with zero attached hydrogens (tertiary/aromatic N) is 3. The van der Waals surface area contributed by atoms with Crippen molar-refractivity contribution in [2.75, 3.05) is 0 Å². The summed E-state index contributed by atoms with van der Waals surface area (Å²) in [5.41, 5.74) is 5.39. The average Bonchev–Trinajstić information content (AvgIpc) is 3.17. The Morgan fingerprint density at radius 2 is 1.92 bits per heavy atom. The molecule has 0 radical (unpaired) electrons. The van der Waals surface area contributed by atoms with Crippen LogP contribution in [0.5, 0.6) is 0 Å². The molecule has 25 heavy (non-hydrogen) atoms. The summed E-state index contributed by atoms with van der Waals surface area (Å²) in [7, 11) is 0. The summed E-state index contributed by atoms with van der Waals surface area (Å²) >= 11 is 7.68. The van der Waals surface area contributed by atoms with E-state index in [2.05, 4.69) is 41.2 Å². The number of rotatable bonds is 5. The Bertz CT molecular complexity index is 1010. The second-order valence-corrected chi connectivity index (χ2v) is 7.31. The summed E-state index contributed by atoms with van der Waals surface area (Å²) in [6, 6.07) is 14.2. The number of aryl methyl sites for hydroxylation is 1. The van der Waals surface area contributed by atoms with E-state index >= 15 is 0 Å². The van der Waals surface area contributed by atoms with E-state index in [1.54, 1.807) is 11.8 Å². The van der Waals surface area contributed by atoms with Gasteiger partial charge in [-0.25, -0.2) is 9.97 Å². The molecule has 0 aliphatic carbocycles. The largest absolute Gasteiger partial charge is 0.337 e. The lowest BCUT2D eigenvalue weighted by Gasteiger charge is -1.98. The minimum atomic E-state index is 0.705. The van der Waals surface area contributed by atoms with Crippen LogP contribution in [0.15, 0.2) is 60.0 Å². The maximum absolute atomic E-state index is 6.02. The molecule has 1 N–H and O–H groups in total. The Morgan fingerprint density at radius 1 is 1.08 bits per heavy atom. The van der Waals surface area contributed by atoms with Gasteiger partial charge in [0, 0.05) is 30.3 Å². The quantitative estimate of drug-likeness (QED) is 0.509. The van der Waals surface area contributed by atoms with Crippen molar-refractivity contribution < 1.29 is 0 Å². The van der Waals surface area contributed by atoms with Gasteiger partial charge in [0.15, 0.2) is 5.16 Å². The summed E-state index contributed by atoms with van der Waals surface area (Å²) < 4.78 is 1.95. The third kappa shape index (κ3) is 3.72. The van der Waals surface area contributed by atoms with Crippen molar-refractivity contribution in [3.05, 3.63) is 82.5 Å². The van der Waals surface area contributed by atoms with E-state index in [0.29, 0.717) is 5.02 Å². The Labute approximate surface area is 155 Å². The zero-order valence-corrected chi connectivity index (χ0v) is 15.3. The van der Waals surface area contributed by atoms with Gasteiger partial charge < -0.3 is 9.38 Å². The van der Waals surface area contributed by atoms with Gasteiger partial charge in [-0.15, -0.1) is 0 Å². The van der Waals surface area contributed by atoms with Gasteiger partial charge in [-0.05, 0) is 24.6 Å². The van der Waals surface area contributed by atoms with Crippen molar-refractivity contribution in [3.8, 4) is 0 Å². The molecule has 0 saturated heterocycles. The molecule has 0 bridgehead atoms. The molecule has 0 atom stereocenters. The van der Waals surface area contributed by atoms with E-state index in [1.165, 1.54) is 5.56 Å². The van der Waals surface area contributed by atoms with E-state index < -0.39 is 0 Å². The molecule has 4 nitrogen and oxygen atoms in total. The molecule has 0 aliphatic heterocycles. The van der Waals surface area contributed by atoms with Gasteiger partial charge in [-0.3, -0.25) is 0 Å². The van der Waals surface area contributed by atoms with E-state index in [9.17, 15) is 0 Å². The normalized spacial score (nSPS) is 11.3. The fourth-order valence-electron chi connectivity index (χ4n) is 2.73. The second kappa shape index (κ2) is 6.94. The fraction of sp³-hybridized carbons (Fsp3) is 0.158. The maximum atomic E-state index is 6.02. The molecular weight excluding hydrogens is 352 g/mol. The molecular formula is C19H17ClN4S. The third-order valence-electron chi connectivity index (χ3n) is 4.00. The summed E-state index contributed by atoms with van der Waals surface area (Å²) in [5, 5.41) is 1.63. The van der Waals surface area contributed by atoms with Gasteiger partial charge >= 0.3 is 0 Å². The monoisotopic (exact) mass is 368 g/mol. The first-order chi connectivity index (χ1) is 12.2. The summed E-state index contributed by atoms with van der Waals surface area (Å²) in [5.74, 6) is 0.761. The van der Waals surface area contributed by atoms with E-state index in [4.69, 9.17) is 16.6 Å². The van der Waals surface area contributed by atoms with Gasteiger partial charge in [0.2, 0.25) is 0 Å². The van der Waals surface area contributed by atoms with Crippen LogP contribution >= 0.6 is 23.4 Å². The third-order valence-corrected chi connectivity index (χ3v) is 5.13. The van der Waals surface area contributed by atoms with Crippen molar-refractivity contribution in [1.82, 2.24) is 19.4 Å². The van der Waals surface area contributed by atoms with Gasteiger partial charge in [-0.1, -0.05) is 53.7 Å². The van der Waals surface area contributed by atoms with Gasteiger partial charge in [0.05, 0.1) is 16.4 Å². The minimum absolute atomic E-state index is 0.705. The number of halogens is 1. The second-order valence-electron chi connectivity index (χ2n) is 5.91. The van der Waals surface area contributed by atoms with Gasteiger partial charge in [0.1, 0.15) is 5.65 Å². The first-order valence-corrected chi connectivity index (χ1v) is 9.39. The lowest BCUT2D eigenvalue weighted by Crippen LogP contribution is -1.90. The first-order valence-electron chi connectivity index (χ1n) is 8.03. The van der Waals surface area contributed by atoms with Crippen molar-refractivity contribution >= 4 is 29.0 Å². The maximum Gasteiger partial charge on any atom is 0.166 e. The van der Waals surface area contributed by atoms with Crippen molar-refractivity contribution in [2.24, 2.45) is 0 Å². The molecule has 0 amide bonds. The molecule has 0 fully saturated rings. The number of nitrogens with one attached hydrogen (secondary N) is 1. The van der Waals surface area contributed by atoms with Crippen LogP contribution in [0.2, 0.25) is 5.02 Å². The molecule has 126 valence electrons. The lowest BCUT2D eigenvalue weighted by molar-refractivity contribution is 1.01. The number of benzene rings is 1. The molecule has 1 aromatic carbocycles. The fourth-order valence-corrected chi connectivity index (χ4v) is 3.72. The average molecular weight is 369 g/mol. The van der Waals surface area contributed by atoms with Crippen LogP contribution in [0, 0.1) is 6.92 Å². The van der Waals surface area contributed by atoms with E-state index in [1.807, 2.05) is 35.0 Å². The molecule has 0 unspecified atom stereocenters. The van der Waals surface area contributed by atoms with Crippen molar-refractivity contribution in [3.63, 3.8) is 0 Å². The highest BCUT2D eigenvalue weighted by Gasteiger charge is 2.09. The zero-order chi connectivity index (χ0) is 17.2. The van der Waals surface area contributed by atoms with Crippen LogP contribution in [0.25, 0.3) is 5.65 Å². The highest BCUT2D eigenvalue weighted by Crippen LogP contribution is 2.23. The Kier molecular flexibility index (Phi) is 4.51. The van der Waals surface area contributed by atoms with E-state index in [-0.39, 0.29) is 0 Å². The Hall–Kier alpha value is -2.24. The first kappa shape index (κ1) is 16.2. The van der Waals surface area contributed by atoms with Crippen molar-refractivity contribution in [1.29, 1.82) is 0 Å². The number of pyridine rings is 1. The summed E-state index contributed by atoms with van der Waals surface area (Å²) in [6.45, 7) is 2.07. The molecule has 4 rings (SSSR count). The predicted molar refractivity (Wildman–Crippen MR) is 102 cm³/mol. The summed E-state index contributed by atoms with van der Waals surface area (Å²) in [6.07, 6.45) is 4.72. The SMILES string of the molecule is Cc1[nH]c(SCc2cn3cc(Cl)ccc3n2)nc1Cc1ccccc1. The number of H-pyrrole nitrogens is 1. The Morgan fingerprint density at radius 3 is 2.76 bits per heavy atom. The molecule has 6 heteroatoms. The number of imidazole rings is 2. The van der Waals surface area contributed by atoms with Crippen LogP contribution in [-0.2, 0) is 12.2 Å². The molecule has 3 aromatic heterocycles. The van der Waals surface area contributed by atoms with Gasteiger partial charge in [-0.2, -0.15) is 0 Å². The standard InChI is InChI=1S/C19H17ClN4S/c1-13-17(9-14-5-3-2-4-6-14)23-19(21-13)25-12-16-11-24-10-15(20)7-8-18(24)22-16/h2-8,10-11H,9,12H2,1H3,(H,21,23). The van der Waals surface area contributed by atoms with Crippen LogP contribution in [0.4, 0.5) is 0 Å². The van der Waals surface area contributed by atoms with Crippen LogP contribution in [-0.4, -0.2) is 19.4 Å².